The van der Waals surface area contributed by atoms with Crippen molar-refractivity contribution in [3.05, 3.63) is 83.6 Å². The highest BCUT2D eigenvalue weighted by atomic mass is 19.1. The molecular formula is C31H27F2N5O2. The third kappa shape index (κ3) is 4.21. The number of aromatic nitrogens is 1. The quantitative estimate of drug-likeness (QED) is 0.388. The number of nitrogens with zero attached hydrogens (tertiary/aromatic N) is 3. The summed E-state index contributed by atoms with van der Waals surface area (Å²) in [5.41, 5.74) is 8.75. The minimum Gasteiger partial charge on any atom is -0.358 e. The molecule has 9 heteroatoms. The number of halogens is 2. The number of nitrogens with two attached hydrogens (primary N) is 1. The average Bonchev–Trinajstić information content (AvgIpc) is 3.64. The van der Waals surface area contributed by atoms with Crippen molar-refractivity contribution in [3.8, 4) is 28.3 Å². The van der Waals surface area contributed by atoms with Crippen LogP contribution >= 0.6 is 0 Å². The fraction of sp³-hybridized carbons (Fsp3) is 0.258. The van der Waals surface area contributed by atoms with Gasteiger partial charge in [0.1, 0.15) is 24.2 Å². The average molecular weight is 540 g/mol. The number of benzene rings is 3. The van der Waals surface area contributed by atoms with Crippen LogP contribution in [0, 0.1) is 23.0 Å². The van der Waals surface area contributed by atoms with Crippen molar-refractivity contribution in [1.29, 1.82) is 5.26 Å². The lowest BCUT2D eigenvalue weighted by Crippen LogP contribution is -2.40. The summed E-state index contributed by atoms with van der Waals surface area (Å²) in [6.45, 7) is 0.0491. The van der Waals surface area contributed by atoms with Gasteiger partial charge in [0, 0.05) is 47.9 Å². The Balaban J connectivity index is 1.48. The van der Waals surface area contributed by atoms with E-state index in [1.165, 1.54) is 25.2 Å². The van der Waals surface area contributed by atoms with E-state index in [0.717, 1.165) is 24.6 Å². The number of hydrogen-bond acceptors (Lipinski definition) is 4. The molecule has 2 aliphatic heterocycles. The van der Waals surface area contributed by atoms with Crippen LogP contribution in [0.3, 0.4) is 0 Å². The molecule has 0 spiro atoms. The summed E-state index contributed by atoms with van der Waals surface area (Å²) >= 11 is 0. The lowest BCUT2D eigenvalue weighted by Gasteiger charge is -2.24. The van der Waals surface area contributed by atoms with Crippen LogP contribution in [0.2, 0.25) is 0 Å². The summed E-state index contributed by atoms with van der Waals surface area (Å²) in [6.07, 6.45) is 4.28. The van der Waals surface area contributed by atoms with Gasteiger partial charge in [0.25, 0.3) is 5.91 Å². The van der Waals surface area contributed by atoms with Crippen molar-refractivity contribution < 1.29 is 18.4 Å². The normalized spacial score (nSPS) is 19.7. The summed E-state index contributed by atoms with van der Waals surface area (Å²) in [7, 11) is 1.54. The van der Waals surface area contributed by atoms with Crippen LogP contribution in [-0.4, -0.2) is 46.5 Å². The second kappa shape index (κ2) is 9.88. The first-order valence-electron chi connectivity index (χ1n) is 13.2. The molecule has 2 aliphatic rings. The largest absolute Gasteiger partial charge is 0.358 e. The molecule has 7 nitrogen and oxygen atoms in total. The van der Waals surface area contributed by atoms with Gasteiger partial charge in [-0.2, -0.15) is 5.26 Å². The fourth-order valence-electron chi connectivity index (χ4n) is 6.22. The first-order chi connectivity index (χ1) is 19.3. The topological polar surface area (TPSA) is 104 Å². The smallest absolute Gasteiger partial charge is 0.254 e. The molecule has 4 aromatic rings. The molecule has 0 aliphatic carbocycles. The molecule has 2 saturated heterocycles. The molecule has 1 aromatic heterocycles. The number of rotatable bonds is 5. The van der Waals surface area contributed by atoms with Crippen molar-refractivity contribution in [2.45, 2.75) is 43.9 Å². The number of nitrogens with one attached hydrogen (secondary N) is 1. The molecule has 2 fully saturated rings. The molecule has 0 radical (unpaired) electrons. The Morgan fingerprint density at radius 1 is 1.02 bits per heavy atom. The summed E-state index contributed by atoms with van der Waals surface area (Å²) in [6, 6.07) is 15.9. The van der Waals surface area contributed by atoms with Crippen molar-refractivity contribution in [2.24, 2.45) is 5.73 Å². The van der Waals surface area contributed by atoms with E-state index in [1.54, 1.807) is 47.2 Å². The van der Waals surface area contributed by atoms with Crippen LogP contribution in [0.1, 0.15) is 35.2 Å². The van der Waals surface area contributed by atoms with E-state index in [-0.39, 0.29) is 47.6 Å². The van der Waals surface area contributed by atoms with Crippen LogP contribution in [0.15, 0.2) is 60.8 Å². The molecule has 40 heavy (non-hydrogen) atoms. The number of amides is 2. The zero-order chi connectivity index (χ0) is 28.1. The van der Waals surface area contributed by atoms with Crippen LogP contribution in [0.5, 0.6) is 0 Å². The molecule has 3 aromatic carbocycles. The summed E-state index contributed by atoms with van der Waals surface area (Å²) in [5.74, 6) is -1.58. The molecule has 0 unspecified atom stereocenters. The highest BCUT2D eigenvalue weighted by Crippen LogP contribution is 2.40. The van der Waals surface area contributed by atoms with Crippen molar-refractivity contribution in [1.82, 2.24) is 14.8 Å². The minimum atomic E-state index is -0.701. The highest BCUT2D eigenvalue weighted by molar-refractivity contribution is 5.99. The van der Waals surface area contributed by atoms with Gasteiger partial charge in [-0.3, -0.25) is 9.59 Å². The number of nitriles is 1. The lowest BCUT2D eigenvalue weighted by atomic mass is 9.91. The third-order valence-electron chi connectivity index (χ3n) is 8.23. The van der Waals surface area contributed by atoms with Crippen LogP contribution in [-0.2, 0) is 11.3 Å². The zero-order valence-corrected chi connectivity index (χ0v) is 21.8. The van der Waals surface area contributed by atoms with E-state index in [0.29, 0.717) is 27.8 Å². The van der Waals surface area contributed by atoms with Crippen LogP contribution < -0.4 is 11.1 Å². The predicted molar refractivity (Wildman–Crippen MR) is 147 cm³/mol. The maximum absolute atomic E-state index is 15.7. The molecule has 2 amide bonds. The highest BCUT2D eigenvalue weighted by Gasteiger charge is 2.47. The standard InChI is InChI=1S/C31H27F2N5O2/c1-36-30(39)16-37-9-8-18-10-24(26(33)14-29(18)37)22-6-4-19(31(40)38-21-5-7-28(38)27(35)13-21)11-23(22)17-2-3-20(15-34)25(32)12-17/h2-4,6,8-12,14,21,27-28H,5,7,13,16,35H2,1H3,(H,36,39)/t21-,27+,28+/m1/s1. The Bertz CT molecular complexity index is 1720. The van der Waals surface area contributed by atoms with Crippen LogP contribution in [0.4, 0.5) is 8.78 Å². The molecule has 3 atom stereocenters. The van der Waals surface area contributed by atoms with E-state index < -0.39 is 11.6 Å². The second-order valence-corrected chi connectivity index (χ2v) is 10.5. The van der Waals surface area contributed by atoms with Gasteiger partial charge in [0.05, 0.1) is 11.1 Å². The Kier molecular flexibility index (Phi) is 6.35. The number of hydrogen-bond donors (Lipinski definition) is 2. The van der Waals surface area contributed by atoms with Gasteiger partial charge in [-0.05, 0) is 78.4 Å². The van der Waals surface area contributed by atoms with E-state index in [4.69, 9.17) is 5.73 Å². The molecule has 202 valence electrons. The Morgan fingerprint density at radius 3 is 2.52 bits per heavy atom. The van der Waals surface area contributed by atoms with Crippen molar-refractivity contribution in [3.63, 3.8) is 0 Å². The van der Waals surface area contributed by atoms with Gasteiger partial charge in [0.2, 0.25) is 5.91 Å². The SMILES string of the molecule is CNC(=O)Cn1ccc2cc(-c3ccc(C(=O)N4[C@@H]5CC[C@H]4[C@@H](N)C5)cc3-c3ccc(C#N)c(F)c3)c(F)cc21. The van der Waals surface area contributed by atoms with Gasteiger partial charge in [-0.15, -0.1) is 0 Å². The van der Waals surface area contributed by atoms with E-state index in [2.05, 4.69) is 5.32 Å². The fourth-order valence-corrected chi connectivity index (χ4v) is 6.22. The van der Waals surface area contributed by atoms with Gasteiger partial charge in [-0.25, -0.2) is 8.78 Å². The molecular weight excluding hydrogens is 512 g/mol. The lowest BCUT2D eigenvalue weighted by molar-refractivity contribution is -0.121. The first kappa shape index (κ1) is 25.7. The van der Waals surface area contributed by atoms with E-state index >= 15 is 4.39 Å². The number of carbonyl (C=O) groups is 2. The molecule has 3 N–H and O–H groups in total. The van der Waals surface area contributed by atoms with E-state index in [1.807, 2.05) is 11.0 Å². The summed E-state index contributed by atoms with van der Waals surface area (Å²) in [4.78, 5) is 27.4. The Hall–Kier alpha value is -4.55. The molecule has 0 saturated carbocycles. The minimum absolute atomic E-state index is 0.00772. The maximum atomic E-state index is 15.7. The van der Waals surface area contributed by atoms with Gasteiger partial charge < -0.3 is 20.5 Å². The van der Waals surface area contributed by atoms with Crippen LogP contribution in [0.25, 0.3) is 33.2 Å². The Morgan fingerprint density at radius 2 is 1.85 bits per heavy atom. The first-order valence-corrected chi connectivity index (χ1v) is 13.2. The molecule has 2 bridgehead atoms. The summed E-state index contributed by atoms with van der Waals surface area (Å²) < 4.78 is 32.1. The summed E-state index contributed by atoms with van der Waals surface area (Å²) in [5, 5.41) is 12.5. The maximum Gasteiger partial charge on any atom is 0.254 e. The van der Waals surface area contributed by atoms with Gasteiger partial charge >= 0.3 is 0 Å². The van der Waals surface area contributed by atoms with Gasteiger partial charge in [-0.1, -0.05) is 12.1 Å². The monoisotopic (exact) mass is 539 g/mol. The van der Waals surface area contributed by atoms with Crippen molar-refractivity contribution in [2.75, 3.05) is 7.05 Å². The predicted octanol–water partition coefficient (Wildman–Crippen LogP) is 4.58. The number of carbonyl (C=O) groups excluding carboxylic acids is 2. The molecule has 6 rings (SSSR count). The zero-order valence-electron chi connectivity index (χ0n) is 21.8. The third-order valence-corrected chi connectivity index (χ3v) is 8.23. The van der Waals surface area contributed by atoms with E-state index in [9.17, 15) is 19.2 Å². The van der Waals surface area contributed by atoms with Gasteiger partial charge in [0.15, 0.2) is 0 Å². The Labute approximate surface area is 229 Å². The number of likely N-dealkylation sites (N-methyl/N-ethyl adjacent to an activating group) is 1. The molecule has 3 heterocycles. The second-order valence-electron chi connectivity index (χ2n) is 10.5. The van der Waals surface area contributed by atoms with Crippen molar-refractivity contribution >= 4 is 22.7 Å². The number of fused-ring (bicyclic) bond motifs is 3.